The van der Waals surface area contributed by atoms with Crippen molar-refractivity contribution in [3.8, 4) is 0 Å². The van der Waals surface area contributed by atoms with Crippen LogP contribution in [0.3, 0.4) is 0 Å². The Labute approximate surface area is 121 Å². The molecule has 1 aromatic rings. The van der Waals surface area contributed by atoms with E-state index >= 15 is 0 Å². The van der Waals surface area contributed by atoms with Gasteiger partial charge in [-0.25, -0.2) is 8.42 Å². The second kappa shape index (κ2) is 7.15. The minimum Gasteiger partial charge on any atom is -0.313 e. The summed E-state index contributed by atoms with van der Waals surface area (Å²) >= 11 is 0. The first-order valence-corrected chi connectivity index (χ1v) is 8.84. The molecule has 2 heterocycles. The van der Waals surface area contributed by atoms with E-state index in [9.17, 15) is 8.42 Å². The van der Waals surface area contributed by atoms with E-state index in [0.717, 1.165) is 31.5 Å². The van der Waals surface area contributed by atoms with Gasteiger partial charge in [0.1, 0.15) is 0 Å². The largest absolute Gasteiger partial charge is 0.313 e. The molecule has 2 rings (SSSR count). The van der Waals surface area contributed by atoms with Crippen LogP contribution in [0.1, 0.15) is 31.9 Å². The van der Waals surface area contributed by atoms with E-state index in [0.29, 0.717) is 13.1 Å². The highest BCUT2D eigenvalue weighted by Gasteiger charge is 2.26. The van der Waals surface area contributed by atoms with E-state index in [1.807, 2.05) is 25.1 Å². The van der Waals surface area contributed by atoms with Crippen molar-refractivity contribution < 1.29 is 8.42 Å². The molecule has 5 nitrogen and oxygen atoms in total. The predicted molar refractivity (Wildman–Crippen MR) is 79.7 cm³/mol. The number of rotatable bonds is 6. The van der Waals surface area contributed by atoms with E-state index in [1.54, 1.807) is 6.20 Å². The van der Waals surface area contributed by atoms with E-state index in [-0.39, 0.29) is 11.8 Å². The number of nitrogens with one attached hydrogen (secondary N) is 1. The molecular formula is C14H23N3O2S. The summed E-state index contributed by atoms with van der Waals surface area (Å²) in [5, 5.41) is 3.30. The molecule has 0 saturated carbocycles. The molecule has 1 saturated heterocycles. The Morgan fingerprint density at radius 2 is 2.25 bits per heavy atom. The average molecular weight is 297 g/mol. The van der Waals surface area contributed by atoms with Crippen molar-refractivity contribution in [1.29, 1.82) is 0 Å². The smallest absolute Gasteiger partial charge is 0.215 e. The van der Waals surface area contributed by atoms with Gasteiger partial charge in [-0.15, -0.1) is 0 Å². The van der Waals surface area contributed by atoms with Crippen LogP contribution in [-0.4, -0.2) is 42.6 Å². The van der Waals surface area contributed by atoms with Gasteiger partial charge in [0.25, 0.3) is 0 Å². The van der Waals surface area contributed by atoms with Crippen LogP contribution >= 0.6 is 0 Å². The van der Waals surface area contributed by atoms with Crippen molar-refractivity contribution in [1.82, 2.24) is 14.6 Å². The molecule has 1 aromatic heterocycles. The quantitative estimate of drug-likeness (QED) is 0.861. The van der Waals surface area contributed by atoms with Crippen molar-refractivity contribution in [2.24, 2.45) is 0 Å². The molecule has 1 unspecified atom stereocenters. The molecule has 1 fully saturated rings. The van der Waals surface area contributed by atoms with Crippen molar-refractivity contribution in [3.63, 3.8) is 0 Å². The van der Waals surface area contributed by atoms with Crippen molar-refractivity contribution in [2.45, 2.75) is 38.8 Å². The van der Waals surface area contributed by atoms with Gasteiger partial charge >= 0.3 is 0 Å². The summed E-state index contributed by atoms with van der Waals surface area (Å²) in [5.41, 5.74) is 0.787. The normalized spacial score (nSPS) is 20.2. The van der Waals surface area contributed by atoms with Crippen molar-refractivity contribution in [3.05, 3.63) is 30.1 Å². The summed E-state index contributed by atoms with van der Waals surface area (Å²) in [6, 6.07) is 5.66. The number of nitrogens with zero attached hydrogens (tertiary/aromatic N) is 2. The molecule has 0 radical (unpaired) electrons. The lowest BCUT2D eigenvalue weighted by molar-refractivity contribution is 0.391. The van der Waals surface area contributed by atoms with Crippen LogP contribution in [0.15, 0.2) is 24.4 Å². The molecule has 1 aliphatic rings. The Morgan fingerprint density at radius 3 is 2.85 bits per heavy atom. The number of sulfonamides is 1. The molecule has 0 aromatic carbocycles. The Kier molecular flexibility index (Phi) is 5.51. The Morgan fingerprint density at radius 1 is 1.40 bits per heavy atom. The summed E-state index contributed by atoms with van der Waals surface area (Å²) in [6.45, 7) is 3.62. The molecule has 1 atom stereocenters. The molecule has 1 aliphatic heterocycles. The highest BCUT2D eigenvalue weighted by Crippen LogP contribution is 2.13. The zero-order valence-electron chi connectivity index (χ0n) is 12.0. The lowest BCUT2D eigenvalue weighted by Crippen LogP contribution is -2.44. The molecule has 1 N–H and O–H groups in total. The Balaban J connectivity index is 2.01. The number of hydrogen-bond donors (Lipinski definition) is 1. The number of hydrogen-bond acceptors (Lipinski definition) is 4. The zero-order valence-corrected chi connectivity index (χ0v) is 12.8. The molecule has 112 valence electrons. The number of piperidine rings is 1. The highest BCUT2D eigenvalue weighted by atomic mass is 32.2. The Hall–Kier alpha value is -0.980. The first kappa shape index (κ1) is 15.4. The van der Waals surface area contributed by atoms with E-state index < -0.39 is 10.0 Å². The van der Waals surface area contributed by atoms with E-state index in [2.05, 4.69) is 10.3 Å². The van der Waals surface area contributed by atoms with Crippen LogP contribution in [0.2, 0.25) is 0 Å². The fraction of sp³-hybridized carbons (Fsp3) is 0.643. The van der Waals surface area contributed by atoms with Crippen LogP contribution < -0.4 is 5.32 Å². The topological polar surface area (TPSA) is 62.3 Å². The van der Waals surface area contributed by atoms with Crippen LogP contribution in [0.25, 0.3) is 0 Å². The number of aromatic nitrogens is 1. The average Bonchev–Trinajstić information content (AvgIpc) is 2.46. The van der Waals surface area contributed by atoms with Gasteiger partial charge in [0, 0.05) is 18.8 Å². The summed E-state index contributed by atoms with van der Waals surface area (Å²) < 4.78 is 26.5. The third kappa shape index (κ3) is 4.26. The van der Waals surface area contributed by atoms with Crippen molar-refractivity contribution >= 4 is 10.0 Å². The van der Waals surface area contributed by atoms with E-state index in [1.165, 1.54) is 4.31 Å². The van der Waals surface area contributed by atoms with Crippen LogP contribution in [0.4, 0.5) is 0 Å². The molecule has 0 bridgehead atoms. The molecule has 0 aliphatic carbocycles. The molecular weight excluding hydrogens is 274 g/mol. The Bertz CT molecular complexity index is 498. The monoisotopic (exact) mass is 297 g/mol. The third-order valence-electron chi connectivity index (χ3n) is 3.63. The summed E-state index contributed by atoms with van der Waals surface area (Å²) in [5.74, 6) is 0.188. The number of pyridine rings is 1. The second-order valence-corrected chi connectivity index (χ2v) is 7.19. The summed E-state index contributed by atoms with van der Waals surface area (Å²) in [6.07, 6.45) is 4.89. The SMILES string of the molecule is CCN(Cc1ccccn1)S(=O)(=O)CC1CCCCN1. The predicted octanol–water partition coefficient (Wildman–Crippen LogP) is 1.38. The van der Waals surface area contributed by atoms with Gasteiger partial charge in [0.15, 0.2) is 0 Å². The second-order valence-electron chi connectivity index (χ2n) is 5.17. The van der Waals surface area contributed by atoms with Crippen LogP contribution in [0.5, 0.6) is 0 Å². The first-order chi connectivity index (χ1) is 9.62. The van der Waals surface area contributed by atoms with Gasteiger partial charge in [-0.2, -0.15) is 4.31 Å². The maximum atomic E-state index is 12.5. The highest BCUT2D eigenvalue weighted by molar-refractivity contribution is 7.89. The van der Waals surface area contributed by atoms with Crippen molar-refractivity contribution in [2.75, 3.05) is 18.8 Å². The standard InChI is InChI=1S/C14H23N3O2S/c1-2-17(11-13-7-3-5-9-15-13)20(18,19)12-14-8-4-6-10-16-14/h3,5,7,9,14,16H,2,4,6,8,10-12H2,1H3. The van der Waals surface area contributed by atoms with E-state index in [4.69, 9.17) is 0 Å². The van der Waals surface area contributed by atoms with Crippen LogP contribution in [-0.2, 0) is 16.6 Å². The molecule has 0 amide bonds. The fourth-order valence-electron chi connectivity index (χ4n) is 2.51. The first-order valence-electron chi connectivity index (χ1n) is 7.23. The molecule has 0 spiro atoms. The summed E-state index contributed by atoms with van der Waals surface area (Å²) in [7, 11) is -3.24. The molecule has 6 heteroatoms. The van der Waals surface area contributed by atoms with Gasteiger partial charge in [-0.05, 0) is 31.5 Å². The minimum absolute atomic E-state index is 0.0894. The van der Waals surface area contributed by atoms with Gasteiger partial charge in [0.2, 0.25) is 10.0 Å². The lowest BCUT2D eigenvalue weighted by atomic mass is 10.1. The minimum atomic E-state index is -3.24. The van der Waals surface area contributed by atoms with Crippen LogP contribution in [0, 0.1) is 0 Å². The van der Waals surface area contributed by atoms with Gasteiger partial charge in [-0.3, -0.25) is 4.98 Å². The van der Waals surface area contributed by atoms with Gasteiger partial charge < -0.3 is 5.32 Å². The molecule has 20 heavy (non-hydrogen) atoms. The zero-order chi connectivity index (χ0) is 14.4. The van der Waals surface area contributed by atoms with Gasteiger partial charge in [-0.1, -0.05) is 19.4 Å². The van der Waals surface area contributed by atoms with Gasteiger partial charge in [0.05, 0.1) is 18.0 Å². The maximum Gasteiger partial charge on any atom is 0.215 e. The fourth-order valence-corrected chi connectivity index (χ4v) is 4.23. The summed E-state index contributed by atoms with van der Waals surface area (Å²) in [4.78, 5) is 4.21. The maximum absolute atomic E-state index is 12.5. The third-order valence-corrected chi connectivity index (χ3v) is 5.63. The lowest BCUT2D eigenvalue weighted by Gasteiger charge is -2.27.